The lowest BCUT2D eigenvalue weighted by atomic mass is 10.0. The van der Waals surface area contributed by atoms with Crippen molar-refractivity contribution < 1.29 is 56.0 Å². The summed E-state index contributed by atoms with van der Waals surface area (Å²) in [6, 6.07) is 9.77. The van der Waals surface area contributed by atoms with Gasteiger partial charge in [0.15, 0.2) is 6.20 Å². The van der Waals surface area contributed by atoms with Crippen molar-refractivity contribution in [1.29, 1.82) is 0 Å². The Hall–Kier alpha value is -1.70. The topological polar surface area (TPSA) is 107 Å². The molecule has 11 heteroatoms. The van der Waals surface area contributed by atoms with Crippen molar-refractivity contribution in [2.24, 2.45) is 0 Å². The van der Waals surface area contributed by atoms with Crippen LogP contribution in [0.3, 0.4) is 0 Å². The first-order valence-corrected chi connectivity index (χ1v) is 19.4. The molecule has 0 spiro atoms. The summed E-state index contributed by atoms with van der Waals surface area (Å²) in [5.41, 5.74) is 1.01. The number of hydrogen-bond acceptors (Lipinski definition) is 6. The molecule has 270 valence electrons. The van der Waals surface area contributed by atoms with Crippen LogP contribution in [0, 0.1) is 0 Å². The Balaban J connectivity index is 0.0000110. The fourth-order valence-corrected chi connectivity index (χ4v) is 6.68. The van der Waals surface area contributed by atoms with Crippen LogP contribution < -0.4 is 43.3 Å². The summed E-state index contributed by atoms with van der Waals surface area (Å²) >= 11 is 0. The lowest BCUT2D eigenvalue weighted by molar-refractivity contribution is -0.671. The van der Waals surface area contributed by atoms with Gasteiger partial charge in [-0.15, -0.1) is 0 Å². The van der Waals surface area contributed by atoms with Crippen LogP contribution >= 0.6 is 0 Å². The second kappa shape index (κ2) is 27.2. The number of pyridine rings is 1. The Morgan fingerprint density at radius 3 is 2.00 bits per heavy atom. The van der Waals surface area contributed by atoms with Crippen molar-refractivity contribution in [1.82, 2.24) is 10.0 Å². The Morgan fingerprint density at radius 1 is 0.830 bits per heavy atom. The number of amides is 1. The summed E-state index contributed by atoms with van der Waals surface area (Å²) in [4.78, 5) is 12.1. The summed E-state index contributed by atoms with van der Waals surface area (Å²) in [5, 5.41) is 3.81. The average molecular weight is 792 g/mol. The van der Waals surface area contributed by atoms with E-state index in [-0.39, 0.29) is 42.9 Å². The number of nitrogens with one attached hydrogen (secondary N) is 2. The van der Waals surface area contributed by atoms with Crippen LogP contribution in [0.15, 0.2) is 36.5 Å². The van der Waals surface area contributed by atoms with Crippen molar-refractivity contribution in [2.75, 3.05) is 39.7 Å². The molecule has 47 heavy (non-hydrogen) atoms. The Kier molecular flexibility index (Phi) is 25.0. The number of aromatic nitrogens is 1. The number of nitrogens with zero attached hydrogens (tertiary/aromatic N) is 1. The first-order valence-electron chi connectivity index (χ1n) is 17.8. The summed E-state index contributed by atoms with van der Waals surface area (Å²) in [5.74, 6) is 0.755. The quantitative estimate of drug-likeness (QED) is 0.0751. The van der Waals surface area contributed by atoms with Gasteiger partial charge in [-0.05, 0) is 24.6 Å². The van der Waals surface area contributed by atoms with Crippen LogP contribution in [0.4, 0.5) is 4.79 Å². The highest BCUT2D eigenvalue weighted by atomic mass is 127. The minimum absolute atomic E-state index is 0. The molecule has 1 atom stereocenters. The molecule has 2 aromatic rings. The van der Waals surface area contributed by atoms with E-state index in [9.17, 15) is 13.2 Å². The maximum absolute atomic E-state index is 12.6. The second-order valence-corrected chi connectivity index (χ2v) is 14.3. The molecule has 1 aromatic carbocycles. The van der Waals surface area contributed by atoms with Crippen molar-refractivity contribution in [3.8, 4) is 5.75 Å². The molecule has 1 unspecified atom stereocenters. The molecule has 1 heterocycles. The molecule has 0 radical (unpaired) electrons. The number of alkyl carbamates (subject to hydrolysis) is 1. The Labute approximate surface area is 302 Å². The van der Waals surface area contributed by atoms with E-state index in [0.717, 1.165) is 29.5 Å². The molecular formula is C36H62IN3O6S. The average Bonchev–Trinajstić information content (AvgIpc) is 3.06. The maximum atomic E-state index is 12.6. The van der Waals surface area contributed by atoms with Crippen LogP contribution in [-0.4, -0.2) is 60.3 Å². The molecule has 2 N–H and O–H groups in total. The SMILES string of the molecule is CCCCCCCCCCCCCCCCCCNC(=O)OCC(CNS(=O)(=O)CCC[n+]1cccc2cc(OC)ccc21)OC.[I-]. The highest BCUT2D eigenvalue weighted by molar-refractivity contribution is 7.89. The number of fused-ring (bicyclic) bond motifs is 1. The molecule has 0 saturated carbocycles. The Morgan fingerprint density at radius 2 is 1.43 bits per heavy atom. The van der Waals surface area contributed by atoms with Gasteiger partial charge in [0.25, 0.3) is 0 Å². The largest absolute Gasteiger partial charge is 1.00 e. The number of hydrogen-bond donors (Lipinski definition) is 2. The second-order valence-electron chi connectivity index (χ2n) is 12.3. The minimum atomic E-state index is -3.52. The molecule has 2 rings (SSSR count). The van der Waals surface area contributed by atoms with E-state index >= 15 is 0 Å². The molecule has 0 fully saturated rings. The first kappa shape index (κ1) is 43.3. The van der Waals surface area contributed by atoms with Gasteiger partial charge in [-0.1, -0.05) is 103 Å². The summed E-state index contributed by atoms with van der Waals surface area (Å²) in [7, 11) is -0.410. The van der Waals surface area contributed by atoms with E-state index in [1.54, 1.807) is 7.11 Å². The fourth-order valence-electron chi connectivity index (χ4n) is 5.59. The molecule has 0 bridgehead atoms. The number of methoxy groups -OCH3 is 2. The highest BCUT2D eigenvalue weighted by Crippen LogP contribution is 2.18. The van der Waals surface area contributed by atoms with Crippen LogP contribution in [0.2, 0.25) is 0 Å². The molecule has 1 aromatic heterocycles. The van der Waals surface area contributed by atoms with Gasteiger partial charge in [0.1, 0.15) is 25.0 Å². The number of aryl methyl sites for hydroxylation is 1. The van der Waals surface area contributed by atoms with Gasteiger partial charge in [-0.25, -0.2) is 17.9 Å². The normalized spacial score (nSPS) is 12.1. The smallest absolute Gasteiger partial charge is 0.407 e. The van der Waals surface area contributed by atoms with Gasteiger partial charge in [0.2, 0.25) is 15.5 Å². The zero-order chi connectivity index (χ0) is 33.3. The van der Waals surface area contributed by atoms with E-state index in [1.807, 2.05) is 41.1 Å². The monoisotopic (exact) mass is 791 g/mol. The van der Waals surface area contributed by atoms with Crippen LogP contribution in [0.25, 0.3) is 10.9 Å². The standard InChI is InChI=1S/C36H61N3O6S.HI/c1-4-5-6-7-8-9-10-11-12-13-14-15-16-17-18-19-25-37-36(40)45-31-34(44-3)30-38-46(41,42)28-21-27-39-26-20-22-32-29-33(43-2)23-24-35(32)39;/h20,22-24,26,29,34,38H,4-19,21,25,27-28,30-31H2,1-3H3;1H. The van der Waals surface area contributed by atoms with Gasteiger partial charge in [-0.2, -0.15) is 4.57 Å². The summed E-state index contributed by atoms with van der Waals surface area (Å²) < 4.78 is 45.7. The third-order valence-electron chi connectivity index (χ3n) is 8.46. The van der Waals surface area contributed by atoms with Gasteiger partial charge in [0.05, 0.1) is 18.2 Å². The molecule has 0 aliphatic carbocycles. The number of benzene rings is 1. The molecule has 9 nitrogen and oxygen atoms in total. The first-order chi connectivity index (χ1) is 22.4. The van der Waals surface area contributed by atoms with Gasteiger partial charge < -0.3 is 43.5 Å². The summed E-state index contributed by atoms with van der Waals surface area (Å²) in [6.07, 6.45) is 22.3. The van der Waals surface area contributed by atoms with E-state index in [0.29, 0.717) is 19.5 Å². The number of carbonyl (C=O) groups excluding carboxylic acids is 1. The fraction of sp³-hybridized carbons (Fsp3) is 0.722. The number of rotatable bonds is 28. The minimum Gasteiger partial charge on any atom is -1.00 e. The molecule has 0 aliphatic rings. The zero-order valence-electron chi connectivity index (χ0n) is 29.3. The number of halogens is 1. The van der Waals surface area contributed by atoms with Crippen LogP contribution in [-0.2, 0) is 26.0 Å². The van der Waals surface area contributed by atoms with Crippen molar-refractivity contribution in [3.05, 3.63) is 36.5 Å². The molecule has 0 saturated heterocycles. The zero-order valence-corrected chi connectivity index (χ0v) is 32.3. The highest BCUT2D eigenvalue weighted by Gasteiger charge is 2.18. The third-order valence-corrected chi connectivity index (χ3v) is 9.89. The van der Waals surface area contributed by atoms with Crippen LogP contribution in [0.1, 0.15) is 116 Å². The third kappa shape index (κ3) is 20.4. The van der Waals surface area contributed by atoms with Gasteiger partial charge >= 0.3 is 6.09 Å². The molecular weight excluding hydrogens is 729 g/mol. The number of ether oxygens (including phenoxy) is 3. The predicted molar refractivity (Wildman–Crippen MR) is 187 cm³/mol. The summed E-state index contributed by atoms with van der Waals surface area (Å²) in [6.45, 7) is 3.40. The molecule has 0 aliphatic heterocycles. The van der Waals surface area contributed by atoms with E-state index in [1.165, 1.54) is 97.0 Å². The maximum Gasteiger partial charge on any atom is 0.407 e. The number of carbonyl (C=O) groups is 1. The molecule has 1 amide bonds. The lowest BCUT2D eigenvalue weighted by Crippen LogP contribution is -3.00. The van der Waals surface area contributed by atoms with Crippen molar-refractivity contribution >= 4 is 27.0 Å². The van der Waals surface area contributed by atoms with E-state index in [2.05, 4.69) is 17.0 Å². The predicted octanol–water partition coefficient (Wildman–Crippen LogP) is 4.45. The van der Waals surface area contributed by atoms with E-state index < -0.39 is 22.2 Å². The number of sulfonamides is 1. The number of unbranched alkanes of at least 4 members (excludes halogenated alkanes) is 15. The van der Waals surface area contributed by atoms with Crippen molar-refractivity contribution in [3.63, 3.8) is 0 Å². The van der Waals surface area contributed by atoms with Crippen LogP contribution in [0.5, 0.6) is 5.75 Å². The Bertz CT molecular complexity index is 1200. The van der Waals surface area contributed by atoms with E-state index in [4.69, 9.17) is 14.2 Å². The lowest BCUT2D eigenvalue weighted by Gasteiger charge is -2.16. The van der Waals surface area contributed by atoms with Crippen molar-refractivity contribution in [2.45, 2.75) is 129 Å². The van der Waals surface area contributed by atoms with Gasteiger partial charge in [0, 0.05) is 38.8 Å². The van der Waals surface area contributed by atoms with Gasteiger partial charge in [-0.3, -0.25) is 0 Å².